The number of aromatic amines is 1. The van der Waals surface area contributed by atoms with Gasteiger partial charge in [0, 0.05) is 0 Å². The maximum Gasteiger partial charge on any atom is 0.356 e. The third-order valence-electron chi connectivity index (χ3n) is 2.61. The molecule has 1 heterocycles. The van der Waals surface area contributed by atoms with Crippen LogP contribution in [0.3, 0.4) is 0 Å². The van der Waals surface area contributed by atoms with Crippen LogP contribution in [0, 0.1) is 0 Å². The molecule has 0 unspecified atom stereocenters. The summed E-state index contributed by atoms with van der Waals surface area (Å²) in [6.07, 6.45) is 1.37. The van der Waals surface area contributed by atoms with Gasteiger partial charge in [-0.05, 0) is 19.1 Å². The minimum atomic E-state index is -0.484. The van der Waals surface area contributed by atoms with Crippen molar-refractivity contribution in [1.82, 2.24) is 9.97 Å². The largest absolute Gasteiger partial charge is 0.461 e. The molecule has 0 atom stereocenters. The molecule has 6 nitrogen and oxygen atoms in total. The van der Waals surface area contributed by atoms with E-state index in [0.717, 1.165) is 11.8 Å². The van der Waals surface area contributed by atoms with Crippen molar-refractivity contribution in [1.29, 1.82) is 0 Å². The van der Waals surface area contributed by atoms with Gasteiger partial charge in [0.1, 0.15) is 5.69 Å². The number of thioether (sulfide) groups is 1. The Morgan fingerprint density at radius 3 is 2.91 bits per heavy atom. The number of benzene rings is 1. The van der Waals surface area contributed by atoms with Gasteiger partial charge in [0.05, 0.1) is 34.3 Å². The molecule has 0 bridgehead atoms. The van der Waals surface area contributed by atoms with Gasteiger partial charge in [-0.3, -0.25) is 4.79 Å². The first-order valence-corrected chi connectivity index (χ1v) is 8.34. The van der Waals surface area contributed by atoms with Crippen LogP contribution in [-0.4, -0.2) is 34.2 Å². The number of amides is 1. The van der Waals surface area contributed by atoms with Crippen molar-refractivity contribution in [2.45, 2.75) is 12.1 Å². The Labute approximate surface area is 146 Å². The van der Waals surface area contributed by atoms with Crippen molar-refractivity contribution in [2.75, 3.05) is 17.7 Å². The molecule has 0 fully saturated rings. The number of hydrogen-bond acceptors (Lipinski definition) is 5. The highest BCUT2D eigenvalue weighted by Crippen LogP contribution is 2.29. The van der Waals surface area contributed by atoms with Crippen LogP contribution in [0.25, 0.3) is 0 Å². The number of halogens is 2. The number of aromatic nitrogens is 2. The second kappa shape index (κ2) is 8.24. The monoisotopic (exact) mass is 373 g/mol. The summed E-state index contributed by atoms with van der Waals surface area (Å²) in [5.74, 6) is -0.659. The Morgan fingerprint density at radius 2 is 2.17 bits per heavy atom. The average Bonchev–Trinajstić information content (AvgIpc) is 2.99. The van der Waals surface area contributed by atoms with Crippen LogP contribution >= 0.6 is 35.0 Å². The Bertz CT molecular complexity index is 721. The SMILES string of the molecule is CCOC(=O)c1cnc(SCC(=O)Nc2cccc(Cl)c2Cl)[nH]1. The normalized spacial score (nSPS) is 10.4. The zero-order valence-electron chi connectivity index (χ0n) is 12.1. The number of ether oxygens (including phenoxy) is 1. The van der Waals surface area contributed by atoms with E-state index >= 15 is 0 Å². The van der Waals surface area contributed by atoms with Gasteiger partial charge in [-0.25, -0.2) is 9.78 Å². The molecule has 0 saturated carbocycles. The Balaban J connectivity index is 1.89. The number of hydrogen-bond donors (Lipinski definition) is 2. The molecule has 122 valence electrons. The lowest BCUT2D eigenvalue weighted by atomic mass is 10.3. The first kappa shape index (κ1) is 17.7. The lowest BCUT2D eigenvalue weighted by Crippen LogP contribution is -2.14. The summed E-state index contributed by atoms with van der Waals surface area (Å²) >= 11 is 13.0. The first-order valence-electron chi connectivity index (χ1n) is 6.60. The summed E-state index contributed by atoms with van der Waals surface area (Å²) in [4.78, 5) is 30.2. The first-order chi connectivity index (χ1) is 11.0. The number of nitrogens with one attached hydrogen (secondary N) is 2. The minimum Gasteiger partial charge on any atom is -0.461 e. The Morgan fingerprint density at radius 1 is 1.39 bits per heavy atom. The van der Waals surface area contributed by atoms with Crippen molar-refractivity contribution < 1.29 is 14.3 Å². The summed E-state index contributed by atoms with van der Waals surface area (Å²) in [6.45, 7) is 2.00. The van der Waals surface area contributed by atoms with Crippen LogP contribution in [0.2, 0.25) is 10.0 Å². The quantitative estimate of drug-likeness (QED) is 0.596. The molecule has 1 aromatic heterocycles. The van der Waals surface area contributed by atoms with Gasteiger partial charge in [-0.15, -0.1) is 0 Å². The van der Waals surface area contributed by atoms with E-state index in [0.29, 0.717) is 15.9 Å². The van der Waals surface area contributed by atoms with Gasteiger partial charge in [-0.1, -0.05) is 41.0 Å². The number of rotatable bonds is 6. The van der Waals surface area contributed by atoms with E-state index in [1.165, 1.54) is 6.20 Å². The molecule has 23 heavy (non-hydrogen) atoms. The van der Waals surface area contributed by atoms with Crippen LogP contribution in [-0.2, 0) is 9.53 Å². The molecule has 0 spiro atoms. The van der Waals surface area contributed by atoms with Crippen molar-refractivity contribution in [3.05, 3.63) is 40.1 Å². The summed E-state index contributed by atoms with van der Waals surface area (Å²) in [6, 6.07) is 4.98. The molecule has 0 aliphatic rings. The number of carbonyl (C=O) groups excluding carboxylic acids is 2. The maximum atomic E-state index is 11.9. The van der Waals surface area contributed by atoms with Crippen molar-refractivity contribution in [3.8, 4) is 0 Å². The van der Waals surface area contributed by atoms with Crippen LogP contribution in [0.15, 0.2) is 29.6 Å². The molecule has 1 amide bonds. The summed E-state index contributed by atoms with van der Waals surface area (Å²) in [5.41, 5.74) is 0.684. The molecule has 0 radical (unpaired) electrons. The molecule has 0 saturated heterocycles. The van der Waals surface area contributed by atoms with E-state index in [2.05, 4.69) is 15.3 Å². The van der Waals surface area contributed by atoms with Gasteiger partial charge in [0.25, 0.3) is 0 Å². The molecule has 0 aliphatic carbocycles. The standard InChI is InChI=1S/C14H13Cl2N3O3S/c1-2-22-13(21)10-6-17-14(19-10)23-7-11(20)18-9-5-3-4-8(15)12(9)16/h3-6H,2,7H2,1H3,(H,17,19)(H,18,20). The van der Waals surface area contributed by atoms with E-state index in [1.807, 2.05) is 0 Å². The van der Waals surface area contributed by atoms with E-state index in [9.17, 15) is 9.59 Å². The summed E-state index contributed by atoms with van der Waals surface area (Å²) in [7, 11) is 0. The van der Waals surface area contributed by atoms with Crippen molar-refractivity contribution in [3.63, 3.8) is 0 Å². The maximum absolute atomic E-state index is 11.9. The lowest BCUT2D eigenvalue weighted by molar-refractivity contribution is -0.113. The summed E-state index contributed by atoms with van der Waals surface area (Å²) in [5, 5.41) is 3.76. The van der Waals surface area contributed by atoms with Crippen molar-refractivity contribution in [2.24, 2.45) is 0 Å². The molecular weight excluding hydrogens is 361 g/mol. The zero-order valence-corrected chi connectivity index (χ0v) is 14.4. The third kappa shape index (κ3) is 4.89. The summed E-state index contributed by atoms with van der Waals surface area (Å²) < 4.78 is 4.84. The second-order valence-electron chi connectivity index (χ2n) is 4.26. The molecule has 2 aromatic rings. The van der Waals surface area contributed by atoms with Crippen LogP contribution in [0.5, 0.6) is 0 Å². The highest BCUT2D eigenvalue weighted by atomic mass is 35.5. The topological polar surface area (TPSA) is 84.1 Å². The fourth-order valence-corrected chi connectivity index (χ4v) is 2.61. The van der Waals surface area contributed by atoms with E-state index in [4.69, 9.17) is 27.9 Å². The highest BCUT2D eigenvalue weighted by molar-refractivity contribution is 7.99. The number of esters is 1. The zero-order chi connectivity index (χ0) is 16.8. The lowest BCUT2D eigenvalue weighted by Gasteiger charge is -2.07. The predicted molar refractivity (Wildman–Crippen MR) is 90.4 cm³/mol. The number of anilines is 1. The van der Waals surface area contributed by atoms with Gasteiger partial charge in [0.15, 0.2) is 5.16 Å². The van der Waals surface area contributed by atoms with Gasteiger partial charge in [-0.2, -0.15) is 0 Å². The van der Waals surface area contributed by atoms with Crippen LogP contribution in [0.1, 0.15) is 17.4 Å². The van der Waals surface area contributed by atoms with E-state index < -0.39 is 5.97 Å². The second-order valence-corrected chi connectivity index (χ2v) is 6.01. The fraction of sp³-hybridized carbons (Fsp3) is 0.214. The minimum absolute atomic E-state index is 0.0959. The van der Waals surface area contributed by atoms with Gasteiger partial charge < -0.3 is 15.0 Å². The molecule has 2 rings (SSSR count). The molecule has 9 heteroatoms. The molecule has 0 aliphatic heterocycles. The molecule has 2 N–H and O–H groups in total. The fourth-order valence-electron chi connectivity index (χ4n) is 1.61. The highest BCUT2D eigenvalue weighted by Gasteiger charge is 2.13. The molecular formula is C14H13Cl2N3O3S. The smallest absolute Gasteiger partial charge is 0.356 e. The van der Waals surface area contributed by atoms with E-state index in [-0.39, 0.29) is 29.0 Å². The van der Waals surface area contributed by atoms with Crippen LogP contribution in [0.4, 0.5) is 5.69 Å². The van der Waals surface area contributed by atoms with Crippen LogP contribution < -0.4 is 5.32 Å². The predicted octanol–water partition coefficient (Wildman–Crippen LogP) is 3.62. The Kier molecular flexibility index (Phi) is 6.32. The van der Waals surface area contributed by atoms with E-state index in [1.54, 1.807) is 25.1 Å². The average molecular weight is 374 g/mol. The number of imidazole rings is 1. The number of nitrogens with zero attached hydrogens (tertiary/aromatic N) is 1. The number of H-pyrrole nitrogens is 1. The van der Waals surface area contributed by atoms with Gasteiger partial charge in [0.2, 0.25) is 5.91 Å². The van der Waals surface area contributed by atoms with Crippen molar-refractivity contribution >= 4 is 52.5 Å². The number of carbonyl (C=O) groups is 2. The van der Waals surface area contributed by atoms with Gasteiger partial charge >= 0.3 is 5.97 Å². The molecule has 1 aromatic carbocycles. The third-order valence-corrected chi connectivity index (χ3v) is 4.32. The Hall–Kier alpha value is -1.70.